The van der Waals surface area contributed by atoms with Crippen LogP contribution in [-0.2, 0) is 20.1 Å². The van der Waals surface area contributed by atoms with Crippen molar-refractivity contribution in [3.05, 3.63) is 145 Å². The zero-order valence-electron chi connectivity index (χ0n) is 29.8. The van der Waals surface area contributed by atoms with Crippen molar-refractivity contribution in [3.63, 3.8) is 0 Å². The number of furan rings is 1. The van der Waals surface area contributed by atoms with E-state index in [1.54, 1.807) is 0 Å². The van der Waals surface area contributed by atoms with Gasteiger partial charge in [0.25, 0.3) is 0 Å². The normalized spacial score (nSPS) is 10.9. The Morgan fingerprint density at radius 3 is 1.78 bits per heavy atom. The predicted molar refractivity (Wildman–Crippen MR) is 208 cm³/mol. The Morgan fingerprint density at radius 1 is 0.608 bits per heavy atom. The van der Waals surface area contributed by atoms with Crippen LogP contribution >= 0.6 is 0 Å². The van der Waals surface area contributed by atoms with E-state index in [9.17, 15) is 0 Å². The molecule has 8 rings (SSSR count). The average Bonchev–Trinajstić information content (AvgIpc) is 3.75. The third-order valence-electron chi connectivity index (χ3n) is 9.07. The number of aliphatic hydroxyl groups is 2. The minimum Gasteiger partial charge on any atom is -0.501 e. The third-order valence-corrected chi connectivity index (χ3v) is 9.07. The van der Waals surface area contributed by atoms with Gasteiger partial charge in [-0.15, -0.1) is 18.2 Å². The molecule has 8 aromatic rings. The van der Waals surface area contributed by atoms with Crippen LogP contribution < -0.4 is 0 Å². The Bertz CT molecular complexity index is 2350. The van der Waals surface area contributed by atoms with Crippen molar-refractivity contribution in [2.45, 2.75) is 39.5 Å². The van der Waals surface area contributed by atoms with E-state index in [-0.39, 0.29) is 31.9 Å². The maximum Gasteiger partial charge on any atom is 0.121 e. The van der Waals surface area contributed by atoms with E-state index >= 15 is 0 Å². The molecule has 0 bridgehead atoms. The van der Waals surface area contributed by atoms with Crippen LogP contribution in [0.4, 0.5) is 0 Å². The summed E-state index contributed by atoms with van der Waals surface area (Å²) < 4.78 is 9.10. The fourth-order valence-electron chi connectivity index (χ4n) is 6.75. The number of fused-ring (bicyclic) bond motifs is 4. The Balaban J connectivity index is 0.000000975. The Morgan fingerprint density at radius 2 is 1.18 bits per heavy atom. The molecular weight excluding hydrogens is 809 g/mol. The second-order valence-corrected chi connectivity index (χ2v) is 12.7. The first-order valence-electron chi connectivity index (χ1n) is 17.0. The molecule has 0 amide bonds. The van der Waals surface area contributed by atoms with Gasteiger partial charge in [-0.05, 0) is 75.5 Å². The zero-order valence-corrected chi connectivity index (χ0v) is 32.2. The van der Waals surface area contributed by atoms with Crippen molar-refractivity contribution in [3.8, 4) is 39.3 Å². The molecule has 0 aliphatic carbocycles. The van der Waals surface area contributed by atoms with Gasteiger partial charge in [-0.3, -0.25) is 4.98 Å². The second kappa shape index (κ2) is 16.5. The van der Waals surface area contributed by atoms with Gasteiger partial charge in [-0.25, -0.2) is 0 Å². The van der Waals surface area contributed by atoms with E-state index < -0.39 is 0 Å². The van der Waals surface area contributed by atoms with Crippen LogP contribution in [0, 0.1) is 6.07 Å². The summed E-state index contributed by atoms with van der Waals surface area (Å²) in [6, 6.07) is 48.5. The van der Waals surface area contributed by atoms with Crippen LogP contribution in [0.15, 0.2) is 132 Å². The summed E-state index contributed by atoms with van der Waals surface area (Å²) in [7, 11) is 2.00. The number of hydrogen-bond donors (Lipinski definition) is 2. The molecule has 2 aromatic heterocycles. The summed E-state index contributed by atoms with van der Waals surface area (Å²) in [5.41, 5.74) is 13.1. The van der Waals surface area contributed by atoms with Gasteiger partial charge in [-0.1, -0.05) is 124 Å². The van der Waals surface area contributed by atoms with Gasteiger partial charge < -0.3 is 19.2 Å². The van der Waals surface area contributed by atoms with Crippen LogP contribution in [0.25, 0.3) is 72.3 Å². The molecule has 0 spiro atoms. The predicted octanol–water partition coefficient (Wildman–Crippen LogP) is 11.2. The van der Waals surface area contributed by atoms with E-state index in [1.807, 2.05) is 12.1 Å². The number of rotatable bonds is 6. The van der Waals surface area contributed by atoms with Crippen molar-refractivity contribution >= 4 is 33.0 Å². The fraction of sp³-hybridized carbons (Fsp3) is 0.178. The SMILES string of the molecule is CC(C)c1cc(-c2ccccc2)cc(C(C)C)c1-n1c(-c2[c-]ccc3c2oc2cc(-c4ccccc4)ccc23)nc2ccccc21.CO.CO.[Ir]. The Kier molecular flexibility index (Phi) is 12.1. The van der Waals surface area contributed by atoms with Gasteiger partial charge >= 0.3 is 0 Å². The van der Waals surface area contributed by atoms with Gasteiger partial charge in [0.05, 0.1) is 22.4 Å². The molecule has 2 heterocycles. The first-order valence-corrected chi connectivity index (χ1v) is 17.0. The largest absolute Gasteiger partial charge is 0.501 e. The molecule has 0 atom stereocenters. The van der Waals surface area contributed by atoms with Gasteiger partial charge in [0, 0.05) is 45.4 Å². The topological polar surface area (TPSA) is 71.4 Å². The van der Waals surface area contributed by atoms with E-state index in [1.165, 1.54) is 33.5 Å². The third kappa shape index (κ3) is 7.06. The number of nitrogens with zero attached hydrogens (tertiary/aromatic N) is 2. The maximum absolute atomic E-state index is 7.00. The van der Waals surface area contributed by atoms with E-state index in [0.717, 1.165) is 64.1 Å². The molecule has 2 N–H and O–H groups in total. The molecule has 0 aliphatic heterocycles. The molecule has 0 saturated heterocycles. The van der Waals surface area contributed by atoms with E-state index in [0.29, 0.717) is 0 Å². The molecule has 261 valence electrons. The molecule has 1 radical (unpaired) electrons. The number of hydrogen-bond acceptors (Lipinski definition) is 4. The molecule has 6 heteroatoms. The minimum absolute atomic E-state index is 0. The molecule has 0 saturated carbocycles. The number of para-hydroxylation sites is 2. The van der Waals surface area contributed by atoms with Crippen molar-refractivity contribution in [2.75, 3.05) is 14.2 Å². The second-order valence-electron chi connectivity index (χ2n) is 12.7. The van der Waals surface area contributed by atoms with E-state index in [4.69, 9.17) is 19.6 Å². The van der Waals surface area contributed by atoms with Crippen LogP contribution in [0.1, 0.15) is 50.7 Å². The number of aliphatic hydroxyl groups excluding tert-OH is 2. The molecule has 0 unspecified atom stereocenters. The number of benzene rings is 6. The summed E-state index contributed by atoms with van der Waals surface area (Å²) in [5, 5.41) is 16.2. The zero-order chi connectivity index (χ0) is 35.4. The van der Waals surface area contributed by atoms with E-state index in [2.05, 4.69) is 154 Å². The fourth-order valence-corrected chi connectivity index (χ4v) is 6.75. The number of imidazole rings is 1. The molecule has 51 heavy (non-hydrogen) atoms. The van der Waals surface area contributed by atoms with Crippen molar-refractivity contribution in [1.29, 1.82) is 0 Å². The van der Waals surface area contributed by atoms with Crippen LogP contribution in [0.3, 0.4) is 0 Å². The van der Waals surface area contributed by atoms with Crippen molar-refractivity contribution in [2.24, 2.45) is 0 Å². The number of aromatic nitrogens is 2. The summed E-state index contributed by atoms with van der Waals surface area (Å²) in [4.78, 5) is 5.30. The minimum atomic E-state index is 0. The summed E-state index contributed by atoms with van der Waals surface area (Å²) in [6.07, 6.45) is 0. The van der Waals surface area contributed by atoms with Crippen LogP contribution in [0.2, 0.25) is 0 Å². The Labute approximate surface area is 313 Å². The Hall–Kier alpha value is -4.84. The molecule has 0 fully saturated rings. The molecule has 0 aliphatic rings. The monoisotopic (exact) mass is 852 g/mol. The van der Waals surface area contributed by atoms with Gasteiger partial charge in [0.15, 0.2) is 0 Å². The maximum atomic E-state index is 7.00. The van der Waals surface area contributed by atoms with Crippen molar-refractivity contribution < 1.29 is 34.7 Å². The summed E-state index contributed by atoms with van der Waals surface area (Å²) >= 11 is 0. The molecular formula is C45H43IrN2O3-. The van der Waals surface area contributed by atoms with Crippen molar-refractivity contribution in [1.82, 2.24) is 9.55 Å². The van der Waals surface area contributed by atoms with Crippen LogP contribution in [-0.4, -0.2) is 34.0 Å². The first-order chi connectivity index (χ1) is 24.5. The molecule has 5 nitrogen and oxygen atoms in total. The van der Waals surface area contributed by atoms with Gasteiger partial charge in [-0.2, -0.15) is 0 Å². The van der Waals surface area contributed by atoms with Gasteiger partial charge in [0.1, 0.15) is 5.58 Å². The standard InChI is InChI=1S/C43H35N2O.2CH4O.Ir/c1-27(2)36-24-32(30-16-9-6-10-17-30)25-37(28(3)4)41(36)45-39-21-12-11-20-38(39)44-43(45)35-19-13-18-34-33-23-22-31(26-40(33)46-42(34)35)29-14-7-5-8-15-29;2*1-2;/h5-18,20-28H,1-4H3;2*2H,1H3;/q-1;;;. The average molecular weight is 852 g/mol. The summed E-state index contributed by atoms with van der Waals surface area (Å²) in [5.74, 6) is 1.41. The quantitative estimate of drug-likeness (QED) is 0.164. The van der Waals surface area contributed by atoms with Gasteiger partial charge in [0.2, 0.25) is 0 Å². The smallest absolute Gasteiger partial charge is 0.121 e. The summed E-state index contributed by atoms with van der Waals surface area (Å²) in [6.45, 7) is 9.14. The van der Waals surface area contributed by atoms with Crippen LogP contribution in [0.5, 0.6) is 0 Å². The first kappa shape index (κ1) is 37.4. The molecule has 6 aromatic carbocycles.